The zero-order chi connectivity index (χ0) is 21.2. The Hall–Kier alpha value is -3.06. The van der Waals surface area contributed by atoms with Gasteiger partial charge in [0.2, 0.25) is 5.78 Å². The molecule has 7 heteroatoms. The Morgan fingerprint density at radius 3 is 2.59 bits per heavy atom. The van der Waals surface area contributed by atoms with Gasteiger partial charge in [-0.15, -0.1) is 0 Å². The van der Waals surface area contributed by atoms with Gasteiger partial charge < -0.3 is 15.2 Å². The van der Waals surface area contributed by atoms with Gasteiger partial charge in [-0.3, -0.25) is 4.79 Å². The van der Waals surface area contributed by atoms with Crippen molar-refractivity contribution < 1.29 is 24.2 Å². The van der Waals surface area contributed by atoms with Gasteiger partial charge in [0.15, 0.2) is 0 Å². The zero-order valence-corrected chi connectivity index (χ0v) is 17.1. The highest BCUT2D eigenvalue weighted by Crippen LogP contribution is 2.42. The van der Waals surface area contributed by atoms with Crippen LogP contribution in [-0.4, -0.2) is 28.6 Å². The third-order valence-electron chi connectivity index (χ3n) is 4.01. The van der Waals surface area contributed by atoms with Crippen molar-refractivity contribution in [1.82, 2.24) is 5.32 Å². The predicted octanol–water partition coefficient (Wildman–Crippen LogP) is 4.74. The van der Waals surface area contributed by atoms with Crippen LogP contribution in [0.3, 0.4) is 0 Å². The Bertz CT molecular complexity index is 1020. The molecule has 0 aliphatic carbocycles. The molecule has 2 aromatic rings. The first-order chi connectivity index (χ1) is 13.6. The maximum Gasteiger partial charge on any atom is 0.407 e. The minimum absolute atomic E-state index is 0.125. The fraction of sp³-hybridized carbons (Fsp3) is 0.227. The normalized spacial score (nSPS) is 14.6. The fourth-order valence-corrected chi connectivity index (χ4v) is 3.96. The Kier molecular flexibility index (Phi) is 5.79. The van der Waals surface area contributed by atoms with E-state index in [4.69, 9.17) is 4.74 Å². The largest absolute Gasteiger partial charge is 0.478 e. The summed E-state index contributed by atoms with van der Waals surface area (Å²) in [7, 11) is 0. The lowest BCUT2D eigenvalue weighted by Gasteiger charge is -2.19. The van der Waals surface area contributed by atoms with Gasteiger partial charge in [0.25, 0.3) is 0 Å². The first-order valence-electron chi connectivity index (χ1n) is 9.00. The second-order valence-electron chi connectivity index (χ2n) is 7.53. The van der Waals surface area contributed by atoms with E-state index in [0.29, 0.717) is 15.4 Å². The quantitative estimate of drug-likeness (QED) is 0.706. The summed E-state index contributed by atoms with van der Waals surface area (Å²) >= 11 is 1.17. The van der Waals surface area contributed by atoms with E-state index < -0.39 is 17.7 Å². The summed E-state index contributed by atoms with van der Waals surface area (Å²) in [6.07, 6.45) is 1.23. The molecule has 29 heavy (non-hydrogen) atoms. The number of rotatable bonds is 4. The number of alkyl carbamates (subject to hydrolysis) is 1. The number of aromatic carboxylic acids is 1. The van der Waals surface area contributed by atoms with Crippen LogP contribution in [0.2, 0.25) is 0 Å². The Balaban J connectivity index is 1.76. The third kappa shape index (κ3) is 5.06. The summed E-state index contributed by atoms with van der Waals surface area (Å²) in [5.74, 6) is -1.25. The van der Waals surface area contributed by atoms with E-state index in [1.807, 2.05) is 24.3 Å². The summed E-state index contributed by atoms with van der Waals surface area (Å²) < 4.78 is 5.22. The Morgan fingerprint density at radius 2 is 1.90 bits per heavy atom. The second-order valence-corrected chi connectivity index (χ2v) is 8.58. The summed E-state index contributed by atoms with van der Waals surface area (Å²) in [6, 6.07) is 12.1. The van der Waals surface area contributed by atoms with E-state index in [-0.39, 0.29) is 17.9 Å². The molecule has 0 radical (unpaired) electrons. The van der Waals surface area contributed by atoms with Crippen LogP contribution in [0.1, 0.15) is 52.6 Å². The number of thioether (sulfide) groups is 1. The van der Waals surface area contributed by atoms with Crippen LogP contribution in [0.4, 0.5) is 4.79 Å². The topological polar surface area (TPSA) is 92.7 Å². The minimum atomic E-state index is -1.06. The monoisotopic (exact) mass is 411 g/mol. The molecule has 0 saturated heterocycles. The molecule has 0 spiro atoms. The molecule has 2 N–H and O–H groups in total. The Labute approximate surface area is 173 Å². The van der Waals surface area contributed by atoms with E-state index in [9.17, 15) is 19.5 Å². The van der Waals surface area contributed by atoms with Crippen LogP contribution < -0.4 is 5.32 Å². The van der Waals surface area contributed by atoms with Crippen LogP contribution in [-0.2, 0) is 11.3 Å². The number of ketones is 1. The van der Waals surface area contributed by atoms with Crippen molar-refractivity contribution in [3.8, 4) is 0 Å². The predicted molar refractivity (Wildman–Crippen MR) is 111 cm³/mol. The first kappa shape index (κ1) is 20.7. The molecule has 1 amide bonds. The van der Waals surface area contributed by atoms with Crippen molar-refractivity contribution in [1.29, 1.82) is 0 Å². The van der Waals surface area contributed by atoms with Crippen LogP contribution in [0.5, 0.6) is 0 Å². The SMILES string of the molecule is CC(C)(C)OC(=O)NCc1cccc(/C=C2/Sc3c(C(=O)O)cccc3C2=O)c1. The Morgan fingerprint density at radius 1 is 1.17 bits per heavy atom. The van der Waals surface area contributed by atoms with E-state index in [0.717, 1.165) is 11.1 Å². The summed E-state index contributed by atoms with van der Waals surface area (Å²) in [4.78, 5) is 36.8. The maximum absolute atomic E-state index is 12.7. The molecule has 0 bridgehead atoms. The van der Waals surface area contributed by atoms with Crippen LogP contribution in [0.15, 0.2) is 52.3 Å². The number of carbonyl (C=O) groups excluding carboxylic acids is 2. The molecule has 0 saturated carbocycles. The highest BCUT2D eigenvalue weighted by atomic mass is 32.2. The van der Waals surface area contributed by atoms with Gasteiger partial charge in [0.05, 0.1) is 10.5 Å². The molecule has 150 valence electrons. The number of benzene rings is 2. The second kappa shape index (κ2) is 8.13. The minimum Gasteiger partial charge on any atom is -0.478 e. The number of hydrogen-bond acceptors (Lipinski definition) is 5. The third-order valence-corrected chi connectivity index (χ3v) is 5.18. The number of carboxylic acid groups (broad SMARTS) is 1. The molecule has 3 rings (SSSR count). The molecule has 1 heterocycles. The van der Waals surface area contributed by atoms with Crippen molar-refractivity contribution in [2.75, 3.05) is 0 Å². The van der Waals surface area contributed by atoms with Crippen molar-refractivity contribution in [2.24, 2.45) is 0 Å². The highest BCUT2D eigenvalue weighted by molar-refractivity contribution is 8.05. The van der Waals surface area contributed by atoms with Gasteiger partial charge in [0, 0.05) is 17.0 Å². The van der Waals surface area contributed by atoms with Crippen LogP contribution in [0.25, 0.3) is 6.08 Å². The number of fused-ring (bicyclic) bond motifs is 1. The molecule has 1 aliphatic heterocycles. The van der Waals surface area contributed by atoms with Gasteiger partial charge in [-0.05, 0) is 56.2 Å². The van der Waals surface area contributed by atoms with E-state index >= 15 is 0 Å². The molecule has 0 aromatic heterocycles. The molecule has 1 aliphatic rings. The molecule has 2 aromatic carbocycles. The van der Waals surface area contributed by atoms with Crippen LogP contribution in [0, 0.1) is 0 Å². The maximum atomic E-state index is 12.7. The summed E-state index contributed by atoms with van der Waals surface area (Å²) in [5.41, 5.74) is 1.60. The van der Waals surface area contributed by atoms with E-state index in [1.165, 1.54) is 17.8 Å². The summed E-state index contributed by atoms with van der Waals surface area (Å²) in [6.45, 7) is 5.67. The van der Waals surface area contributed by atoms with Gasteiger partial charge >= 0.3 is 12.1 Å². The van der Waals surface area contributed by atoms with Gasteiger partial charge in [-0.25, -0.2) is 9.59 Å². The summed E-state index contributed by atoms with van der Waals surface area (Å²) in [5, 5.41) is 12.0. The lowest BCUT2D eigenvalue weighted by atomic mass is 10.1. The number of carbonyl (C=O) groups is 3. The van der Waals surface area contributed by atoms with Crippen molar-refractivity contribution in [2.45, 2.75) is 37.8 Å². The van der Waals surface area contributed by atoms with Crippen LogP contribution >= 0.6 is 11.8 Å². The lowest BCUT2D eigenvalue weighted by molar-refractivity contribution is 0.0522. The fourth-order valence-electron chi connectivity index (χ4n) is 2.81. The average Bonchev–Trinajstić information content (AvgIpc) is 2.95. The first-order valence-corrected chi connectivity index (χ1v) is 9.82. The number of hydrogen-bond donors (Lipinski definition) is 2. The average molecular weight is 411 g/mol. The number of carboxylic acids is 1. The number of Topliss-reactive ketones (excluding diaryl/α,β-unsaturated/α-hetero) is 1. The smallest absolute Gasteiger partial charge is 0.407 e. The lowest BCUT2D eigenvalue weighted by Crippen LogP contribution is -2.32. The highest BCUT2D eigenvalue weighted by Gasteiger charge is 2.29. The van der Waals surface area contributed by atoms with E-state index in [1.54, 1.807) is 39.0 Å². The molecule has 0 fully saturated rings. The van der Waals surface area contributed by atoms with Gasteiger partial charge in [0.1, 0.15) is 5.60 Å². The van der Waals surface area contributed by atoms with Gasteiger partial charge in [-0.1, -0.05) is 36.0 Å². The molecular formula is C22H21NO5S. The molecule has 6 nitrogen and oxygen atoms in total. The molecular weight excluding hydrogens is 390 g/mol. The van der Waals surface area contributed by atoms with Crippen molar-refractivity contribution in [3.05, 3.63) is 69.6 Å². The van der Waals surface area contributed by atoms with Gasteiger partial charge in [-0.2, -0.15) is 0 Å². The standard InChI is InChI=1S/C22H21NO5S/c1-22(2,3)28-21(27)23-12-14-7-4-6-13(10-14)11-17-18(24)15-8-5-9-16(20(25)26)19(15)29-17/h4-11H,12H2,1-3H3,(H,23,27)(H,25,26)/b17-11+. The number of ether oxygens (including phenoxy) is 1. The molecule has 0 atom stereocenters. The van der Waals surface area contributed by atoms with Crippen molar-refractivity contribution >= 4 is 35.7 Å². The number of amides is 1. The number of allylic oxidation sites excluding steroid dienone is 1. The van der Waals surface area contributed by atoms with Crippen molar-refractivity contribution in [3.63, 3.8) is 0 Å². The zero-order valence-electron chi connectivity index (χ0n) is 16.3. The number of nitrogens with one attached hydrogen (secondary N) is 1. The molecule has 0 unspecified atom stereocenters. The van der Waals surface area contributed by atoms with E-state index in [2.05, 4.69) is 5.32 Å².